The first-order valence-corrected chi connectivity index (χ1v) is 8.88. The van der Waals surface area contributed by atoms with Gasteiger partial charge in [0.15, 0.2) is 0 Å². The van der Waals surface area contributed by atoms with Crippen molar-refractivity contribution in [3.05, 3.63) is 0 Å². The van der Waals surface area contributed by atoms with Crippen molar-refractivity contribution in [3.63, 3.8) is 0 Å². The van der Waals surface area contributed by atoms with Gasteiger partial charge in [-0.05, 0) is 89.6 Å². The molecule has 2 N–H and O–H groups in total. The Hall–Kier alpha value is -0.120. The average molecular weight is 294 g/mol. The minimum absolute atomic E-state index is 0.531. The quantitative estimate of drug-likeness (QED) is 0.790. The van der Waals surface area contributed by atoms with Gasteiger partial charge in [0.25, 0.3) is 0 Å². The number of rotatable bonds is 6. The van der Waals surface area contributed by atoms with E-state index in [2.05, 4.69) is 17.1 Å². The lowest BCUT2D eigenvalue weighted by Gasteiger charge is -2.59. The van der Waals surface area contributed by atoms with E-state index in [4.69, 9.17) is 0 Å². The zero-order valence-corrected chi connectivity index (χ0v) is 14.4. The van der Waals surface area contributed by atoms with Gasteiger partial charge in [-0.25, -0.2) is 0 Å². The third-order valence-corrected chi connectivity index (χ3v) is 6.45. The van der Waals surface area contributed by atoms with Gasteiger partial charge in [0.1, 0.15) is 0 Å². The first-order valence-electron chi connectivity index (χ1n) is 8.88. The molecule has 122 valence electrons. The zero-order chi connectivity index (χ0) is 15.3. The molecule has 0 spiro atoms. The Labute approximate surface area is 130 Å². The molecule has 4 fully saturated rings. The number of hydrogen-bond donors (Lipinski definition) is 2. The maximum Gasteiger partial charge on any atom is 0.0869 e. The van der Waals surface area contributed by atoms with Gasteiger partial charge in [-0.3, -0.25) is 0 Å². The number of nitrogens with one attached hydrogen (secondary N) is 1. The van der Waals surface area contributed by atoms with E-state index in [0.717, 1.165) is 17.8 Å². The molecule has 2 unspecified atom stereocenters. The smallest absolute Gasteiger partial charge is 0.0869 e. The van der Waals surface area contributed by atoms with Gasteiger partial charge in [0.2, 0.25) is 0 Å². The molecule has 0 saturated heterocycles. The molecular formula is C18H34N2O. The predicted octanol–water partition coefficient (Wildman–Crippen LogP) is 2.49. The lowest BCUT2D eigenvalue weighted by Crippen LogP contribution is -2.57. The van der Waals surface area contributed by atoms with Crippen LogP contribution in [-0.4, -0.2) is 48.8 Å². The molecule has 3 heteroatoms. The summed E-state index contributed by atoms with van der Waals surface area (Å²) in [7, 11) is 4.05. The van der Waals surface area contributed by atoms with Gasteiger partial charge in [0, 0.05) is 19.1 Å². The Morgan fingerprint density at radius 3 is 2.05 bits per heavy atom. The topological polar surface area (TPSA) is 35.5 Å². The van der Waals surface area contributed by atoms with Crippen LogP contribution in [0.5, 0.6) is 0 Å². The lowest BCUT2D eigenvalue weighted by molar-refractivity contribution is -0.0743. The molecule has 4 aliphatic carbocycles. The number of hydrogen-bond acceptors (Lipinski definition) is 3. The van der Waals surface area contributed by atoms with Crippen molar-refractivity contribution in [3.8, 4) is 0 Å². The monoisotopic (exact) mass is 294 g/mol. The number of aliphatic hydroxyl groups is 1. The molecule has 4 rings (SSSR count). The number of likely N-dealkylation sites (N-methyl/N-ethyl adjacent to an activating group) is 1. The summed E-state index contributed by atoms with van der Waals surface area (Å²) in [6.07, 6.45) is 8.81. The second kappa shape index (κ2) is 5.50. The Bertz CT molecular complexity index is 342. The minimum atomic E-state index is -0.639. The van der Waals surface area contributed by atoms with Crippen LogP contribution in [0.3, 0.4) is 0 Å². The minimum Gasteiger partial charge on any atom is -0.388 e. The fourth-order valence-corrected chi connectivity index (χ4v) is 6.03. The first-order chi connectivity index (χ1) is 9.78. The van der Waals surface area contributed by atoms with Crippen LogP contribution in [0.1, 0.15) is 52.4 Å². The maximum absolute atomic E-state index is 10.5. The highest BCUT2D eigenvalue weighted by Crippen LogP contribution is 2.61. The molecule has 0 aromatic rings. The molecule has 3 nitrogen and oxygen atoms in total. The van der Waals surface area contributed by atoms with Crippen molar-refractivity contribution < 1.29 is 5.11 Å². The van der Waals surface area contributed by atoms with Crippen molar-refractivity contribution in [2.24, 2.45) is 23.2 Å². The SMILES string of the molecule is CC(NCC(C)(O)CN(C)C)C12CC3CC(CC(C3)C1)C2. The summed E-state index contributed by atoms with van der Waals surface area (Å²) >= 11 is 0. The van der Waals surface area contributed by atoms with Gasteiger partial charge in [-0.2, -0.15) is 0 Å². The van der Waals surface area contributed by atoms with E-state index < -0.39 is 5.60 Å². The van der Waals surface area contributed by atoms with Gasteiger partial charge in [-0.1, -0.05) is 0 Å². The molecule has 0 aliphatic heterocycles. The second-order valence-corrected chi connectivity index (χ2v) is 9.12. The van der Waals surface area contributed by atoms with Gasteiger partial charge in [0.05, 0.1) is 5.60 Å². The van der Waals surface area contributed by atoms with E-state index in [1.807, 2.05) is 21.0 Å². The van der Waals surface area contributed by atoms with Crippen molar-refractivity contribution in [2.75, 3.05) is 27.2 Å². The van der Waals surface area contributed by atoms with Crippen molar-refractivity contribution in [2.45, 2.75) is 64.0 Å². The molecule has 0 aromatic carbocycles. The Morgan fingerprint density at radius 2 is 1.62 bits per heavy atom. The Kier molecular flexibility index (Phi) is 4.13. The van der Waals surface area contributed by atoms with Crippen LogP contribution in [0.4, 0.5) is 0 Å². The fourth-order valence-electron chi connectivity index (χ4n) is 6.03. The fraction of sp³-hybridized carbons (Fsp3) is 1.00. The highest BCUT2D eigenvalue weighted by molar-refractivity contribution is 5.05. The molecule has 0 radical (unpaired) electrons. The van der Waals surface area contributed by atoms with Crippen LogP contribution in [0, 0.1) is 23.2 Å². The van der Waals surface area contributed by atoms with Gasteiger partial charge < -0.3 is 15.3 Å². The predicted molar refractivity (Wildman–Crippen MR) is 87.2 cm³/mol. The molecule has 0 aromatic heterocycles. The summed E-state index contributed by atoms with van der Waals surface area (Å²) in [5.41, 5.74) is -0.108. The second-order valence-electron chi connectivity index (χ2n) is 9.12. The molecule has 0 heterocycles. The highest BCUT2D eigenvalue weighted by Gasteiger charge is 2.53. The van der Waals surface area contributed by atoms with Gasteiger partial charge >= 0.3 is 0 Å². The normalized spacial score (nSPS) is 42.3. The average Bonchev–Trinajstić information content (AvgIpc) is 2.32. The van der Waals surface area contributed by atoms with Crippen LogP contribution in [0.15, 0.2) is 0 Å². The largest absolute Gasteiger partial charge is 0.388 e. The van der Waals surface area contributed by atoms with E-state index in [9.17, 15) is 5.11 Å². The van der Waals surface area contributed by atoms with Crippen LogP contribution >= 0.6 is 0 Å². The third-order valence-electron chi connectivity index (χ3n) is 6.45. The Morgan fingerprint density at radius 1 is 1.14 bits per heavy atom. The van der Waals surface area contributed by atoms with Crippen LogP contribution < -0.4 is 5.32 Å². The van der Waals surface area contributed by atoms with E-state index >= 15 is 0 Å². The van der Waals surface area contributed by atoms with E-state index in [1.54, 1.807) is 0 Å². The lowest BCUT2D eigenvalue weighted by atomic mass is 9.48. The van der Waals surface area contributed by atoms with E-state index in [0.29, 0.717) is 24.5 Å². The Balaban J connectivity index is 1.59. The van der Waals surface area contributed by atoms with Crippen LogP contribution in [0.25, 0.3) is 0 Å². The first kappa shape index (κ1) is 15.8. The van der Waals surface area contributed by atoms with Crippen molar-refractivity contribution in [1.82, 2.24) is 10.2 Å². The molecule has 0 amide bonds. The molecule has 4 bridgehead atoms. The molecule has 2 atom stereocenters. The summed E-state index contributed by atoms with van der Waals surface area (Å²) in [5.74, 6) is 3.01. The summed E-state index contributed by atoms with van der Waals surface area (Å²) in [4.78, 5) is 2.07. The number of nitrogens with zero attached hydrogens (tertiary/aromatic N) is 1. The van der Waals surface area contributed by atoms with E-state index in [-0.39, 0.29) is 0 Å². The van der Waals surface area contributed by atoms with Crippen LogP contribution in [-0.2, 0) is 0 Å². The summed E-state index contributed by atoms with van der Waals surface area (Å²) in [6.45, 7) is 5.74. The molecule has 4 aliphatic rings. The van der Waals surface area contributed by atoms with Crippen molar-refractivity contribution in [1.29, 1.82) is 0 Å². The highest BCUT2D eigenvalue weighted by atomic mass is 16.3. The molecular weight excluding hydrogens is 260 g/mol. The molecule has 4 saturated carbocycles. The maximum atomic E-state index is 10.5. The standard InChI is InChI=1S/C18H34N2O/c1-13(19-11-17(2,21)12-20(3)4)18-8-14-5-15(9-18)7-16(6-14)10-18/h13-16,19,21H,5-12H2,1-4H3. The van der Waals surface area contributed by atoms with Crippen molar-refractivity contribution >= 4 is 0 Å². The summed E-state index contributed by atoms with van der Waals surface area (Å²) in [6, 6.07) is 0.541. The summed E-state index contributed by atoms with van der Waals surface area (Å²) in [5, 5.41) is 14.2. The van der Waals surface area contributed by atoms with Gasteiger partial charge in [-0.15, -0.1) is 0 Å². The zero-order valence-electron chi connectivity index (χ0n) is 14.4. The summed E-state index contributed by atoms with van der Waals surface area (Å²) < 4.78 is 0. The molecule has 21 heavy (non-hydrogen) atoms. The van der Waals surface area contributed by atoms with E-state index in [1.165, 1.54) is 38.5 Å². The third kappa shape index (κ3) is 3.30. The van der Waals surface area contributed by atoms with Crippen LogP contribution in [0.2, 0.25) is 0 Å².